The average Bonchev–Trinajstić information content (AvgIpc) is 2.85. The van der Waals surface area contributed by atoms with Gasteiger partial charge in [-0.15, -0.1) is 12.6 Å². The maximum atomic E-state index is 12.1. The van der Waals surface area contributed by atoms with Crippen LogP contribution >= 0.6 is 12.6 Å². The van der Waals surface area contributed by atoms with Crippen LogP contribution in [-0.4, -0.2) is 40.9 Å². The standard InChI is InChI=1S/C17H23NO4S/c1-11-5-6-13(15(19)23)14(9-11)21-12-7-8-18(10-12)16(20)22-17(2,3)4/h5-6,9,12H,7-8,10H2,1-4H3,(H,19,23)/t12-/m0/s1. The SMILES string of the molecule is Cc1ccc(C(=O)S)c(O[C@H]2CCN(C(=O)OC(C)(C)C)C2)c1. The van der Waals surface area contributed by atoms with E-state index in [0.717, 1.165) is 5.56 Å². The second kappa shape index (κ2) is 6.83. The third-order valence-corrected chi connectivity index (χ3v) is 3.70. The van der Waals surface area contributed by atoms with Crippen LogP contribution in [-0.2, 0) is 4.74 Å². The second-order valence-electron chi connectivity index (χ2n) is 6.76. The quantitative estimate of drug-likeness (QED) is 0.858. The van der Waals surface area contributed by atoms with Crippen LogP contribution in [0, 0.1) is 6.92 Å². The van der Waals surface area contributed by atoms with E-state index in [-0.39, 0.29) is 17.3 Å². The Morgan fingerprint density at radius 2 is 2.00 bits per heavy atom. The number of likely N-dealkylation sites (tertiary alicyclic amines) is 1. The number of benzene rings is 1. The van der Waals surface area contributed by atoms with E-state index >= 15 is 0 Å². The average molecular weight is 337 g/mol. The molecule has 2 rings (SSSR count). The van der Waals surface area contributed by atoms with Gasteiger partial charge in [-0.1, -0.05) is 6.07 Å². The van der Waals surface area contributed by atoms with Crippen molar-refractivity contribution in [3.8, 4) is 5.75 Å². The zero-order valence-corrected chi connectivity index (χ0v) is 14.9. The van der Waals surface area contributed by atoms with Gasteiger partial charge < -0.3 is 14.4 Å². The monoisotopic (exact) mass is 337 g/mol. The van der Waals surface area contributed by atoms with Crippen LogP contribution < -0.4 is 4.74 Å². The summed E-state index contributed by atoms with van der Waals surface area (Å²) in [7, 11) is 0. The largest absolute Gasteiger partial charge is 0.488 e. The molecule has 1 heterocycles. The van der Waals surface area contributed by atoms with Crippen LogP contribution in [0.4, 0.5) is 4.79 Å². The molecule has 0 bridgehead atoms. The van der Waals surface area contributed by atoms with Gasteiger partial charge in [-0.25, -0.2) is 4.79 Å². The number of hydrogen-bond acceptors (Lipinski definition) is 4. The molecule has 0 radical (unpaired) electrons. The van der Waals surface area contributed by atoms with Crippen molar-refractivity contribution in [1.29, 1.82) is 0 Å². The zero-order valence-electron chi connectivity index (χ0n) is 14.0. The fraction of sp³-hybridized carbons (Fsp3) is 0.529. The first-order chi connectivity index (χ1) is 10.7. The number of thiol groups is 1. The molecule has 6 heteroatoms. The Balaban J connectivity index is 2.02. The molecule has 0 aliphatic carbocycles. The van der Waals surface area contributed by atoms with Gasteiger partial charge in [0, 0.05) is 13.0 Å². The Morgan fingerprint density at radius 3 is 2.61 bits per heavy atom. The third-order valence-electron chi connectivity index (χ3n) is 3.46. The van der Waals surface area contributed by atoms with E-state index in [4.69, 9.17) is 9.47 Å². The molecule has 1 atom stereocenters. The molecule has 1 fully saturated rings. The molecule has 1 aromatic carbocycles. The van der Waals surface area contributed by atoms with Gasteiger partial charge in [0.1, 0.15) is 17.5 Å². The number of rotatable bonds is 3. The fourth-order valence-corrected chi connectivity index (χ4v) is 2.58. The minimum absolute atomic E-state index is 0.157. The lowest BCUT2D eigenvalue weighted by Gasteiger charge is -2.24. The lowest BCUT2D eigenvalue weighted by molar-refractivity contribution is 0.0275. The van der Waals surface area contributed by atoms with Crippen molar-refractivity contribution in [3.05, 3.63) is 29.3 Å². The molecule has 0 spiro atoms. The van der Waals surface area contributed by atoms with Gasteiger partial charge in [-0.3, -0.25) is 4.79 Å². The molecule has 23 heavy (non-hydrogen) atoms. The summed E-state index contributed by atoms with van der Waals surface area (Å²) in [4.78, 5) is 25.3. The predicted molar refractivity (Wildman–Crippen MR) is 91.3 cm³/mol. The number of amides is 1. The highest BCUT2D eigenvalue weighted by atomic mass is 32.1. The zero-order chi connectivity index (χ0) is 17.2. The van der Waals surface area contributed by atoms with Gasteiger partial charge in [0.05, 0.1) is 12.1 Å². The van der Waals surface area contributed by atoms with Crippen LogP contribution in [0.15, 0.2) is 18.2 Å². The second-order valence-corrected chi connectivity index (χ2v) is 7.17. The van der Waals surface area contributed by atoms with Crippen molar-refractivity contribution < 1.29 is 19.1 Å². The number of aryl methyl sites for hydroxylation is 1. The Morgan fingerprint density at radius 1 is 1.30 bits per heavy atom. The number of ether oxygens (including phenoxy) is 2. The summed E-state index contributed by atoms with van der Waals surface area (Å²) in [6.07, 6.45) is 0.210. The van der Waals surface area contributed by atoms with Crippen molar-refractivity contribution >= 4 is 23.8 Å². The molecule has 1 aromatic rings. The first-order valence-corrected chi connectivity index (χ1v) is 8.09. The fourth-order valence-electron chi connectivity index (χ4n) is 2.40. The maximum absolute atomic E-state index is 12.1. The summed E-state index contributed by atoms with van der Waals surface area (Å²) in [5.74, 6) is 0.515. The van der Waals surface area contributed by atoms with Crippen molar-refractivity contribution in [3.63, 3.8) is 0 Å². The lowest BCUT2D eigenvalue weighted by atomic mass is 10.1. The van der Waals surface area contributed by atoms with Gasteiger partial charge >= 0.3 is 6.09 Å². The molecule has 1 aliphatic heterocycles. The van der Waals surface area contributed by atoms with E-state index < -0.39 is 5.60 Å². The highest BCUT2D eigenvalue weighted by molar-refractivity contribution is 7.97. The van der Waals surface area contributed by atoms with E-state index in [0.29, 0.717) is 30.8 Å². The molecular formula is C17H23NO4S. The normalized spacial score (nSPS) is 18.0. The molecular weight excluding hydrogens is 314 g/mol. The molecule has 0 saturated carbocycles. The smallest absolute Gasteiger partial charge is 0.410 e. The Hall–Kier alpha value is -1.69. The maximum Gasteiger partial charge on any atom is 0.410 e. The van der Waals surface area contributed by atoms with E-state index in [9.17, 15) is 9.59 Å². The van der Waals surface area contributed by atoms with E-state index in [2.05, 4.69) is 12.6 Å². The lowest BCUT2D eigenvalue weighted by Crippen LogP contribution is -2.36. The summed E-state index contributed by atoms with van der Waals surface area (Å²) in [6.45, 7) is 8.48. The van der Waals surface area contributed by atoms with Crippen LogP contribution in [0.25, 0.3) is 0 Å². The van der Waals surface area contributed by atoms with Crippen molar-refractivity contribution in [1.82, 2.24) is 4.90 Å². The Labute approximate surface area is 142 Å². The summed E-state index contributed by atoms with van der Waals surface area (Å²) >= 11 is 3.88. The van der Waals surface area contributed by atoms with Crippen molar-refractivity contribution in [2.45, 2.75) is 45.8 Å². The highest BCUT2D eigenvalue weighted by Gasteiger charge is 2.31. The summed E-state index contributed by atoms with van der Waals surface area (Å²) < 4.78 is 11.3. The van der Waals surface area contributed by atoms with E-state index in [1.54, 1.807) is 11.0 Å². The minimum Gasteiger partial charge on any atom is -0.488 e. The molecule has 0 aromatic heterocycles. The summed E-state index contributed by atoms with van der Waals surface area (Å²) in [5, 5.41) is -0.331. The minimum atomic E-state index is -0.516. The first kappa shape index (κ1) is 17.7. The van der Waals surface area contributed by atoms with E-state index in [1.807, 2.05) is 39.8 Å². The summed E-state index contributed by atoms with van der Waals surface area (Å²) in [5.41, 5.74) is 0.924. The highest BCUT2D eigenvalue weighted by Crippen LogP contribution is 2.26. The molecule has 126 valence electrons. The molecule has 0 N–H and O–H groups in total. The van der Waals surface area contributed by atoms with Gasteiger partial charge in [0.15, 0.2) is 0 Å². The molecule has 5 nitrogen and oxygen atoms in total. The van der Waals surface area contributed by atoms with Gasteiger partial charge in [0.2, 0.25) is 5.12 Å². The van der Waals surface area contributed by atoms with Gasteiger partial charge in [-0.2, -0.15) is 0 Å². The first-order valence-electron chi connectivity index (χ1n) is 7.64. The van der Waals surface area contributed by atoms with Crippen molar-refractivity contribution in [2.24, 2.45) is 0 Å². The number of hydrogen-bond donors (Lipinski definition) is 1. The molecule has 1 aliphatic rings. The van der Waals surface area contributed by atoms with E-state index in [1.165, 1.54) is 0 Å². The van der Waals surface area contributed by atoms with Crippen molar-refractivity contribution in [2.75, 3.05) is 13.1 Å². The third kappa shape index (κ3) is 4.89. The number of carbonyl (C=O) groups excluding carboxylic acids is 2. The van der Waals surface area contributed by atoms with Crippen LogP contribution in [0.3, 0.4) is 0 Å². The van der Waals surface area contributed by atoms with Crippen LogP contribution in [0.1, 0.15) is 43.1 Å². The molecule has 1 saturated heterocycles. The Bertz CT molecular complexity index is 609. The molecule has 1 amide bonds. The number of nitrogens with zero attached hydrogens (tertiary/aromatic N) is 1. The van der Waals surface area contributed by atoms with Crippen LogP contribution in [0.5, 0.6) is 5.75 Å². The predicted octanol–water partition coefficient (Wildman–Crippen LogP) is 3.45. The van der Waals surface area contributed by atoms with Crippen LogP contribution in [0.2, 0.25) is 0 Å². The number of carbonyl (C=O) groups is 2. The summed E-state index contributed by atoms with van der Waals surface area (Å²) in [6, 6.07) is 5.37. The van der Waals surface area contributed by atoms with Gasteiger partial charge in [-0.05, 0) is 45.4 Å². The Kier molecular flexibility index (Phi) is 5.24. The van der Waals surface area contributed by atoms with Gasteiger partial charge in [0.25, 0.3) is 0 Å². The molecule has 0 unspecified atom stereocenters. The topological polar surface area (TPSA) is 55.8 Å².